The first-order valence-electron chi connectivity index (χ1n) is 5.40. The normalized spacial score (nSPS) is 35.8. The summed E-state index contributed by atoms with van der Waals surface area (Å²) in [6.45, 7) is 1.43. The van der Waals surface area contributed by atoms with Gasteiger partial charge in [-0.2, -0.15) is 0 Å². The summed E-state index contributed by atoms with van der Waals surface area (Å²) in [5.41, 5.74) is 0. The van der Waals surface area contributed by atoms with E-state index < -0.39 is 5.92 Å². The maximum atomic E-state index is 11.7. The second kappa shape index (κ2) is 4.31. The molecule has 2 unspecified atom stereocenters. The van der Waals surface area contributed by atoms with Crippen molar-refractivity contribution in [3.05, 3.63) is 0 Å². The number of ether oxygens (including phenoxy) is 2. The number of carbonyl (C=O) groups excluding carboxylic acids is 2. The molecule has 1 saturated carbocycles. The Hall–Kier alpha value is -0.900. The second-order valence-electron chi connectivity index (χ2n) is 4.37. The van der Waals surface area contributed by atoms with Gasteiger partial charge < -0.3 is 9.47 Å². The summed E-state index contributed by atoms with van der Waals surface area (Å²) in [6.07, 6.45) is 2.08. The van der Waals surface area contributed by atoms with Crippen molar-refractivity contribution in [2.45, 2.75) is 19.3 Å². The van der Waals surface area contributed by atoms with Crippen molar-refractivity contribution >= 4 is 11.8 Å². The third-order valence-corrected chi connectivity index (χ3v) is 3.51. The Kier molecular flexibility index (Phi) is 3.05. The zero-order valence-corrected chi connectivity index (χ0v) is 8.90. The van der Waals surface area contributed by atoms with Crippen LogP contribution >= 0.6 is 0 Å². The first-order chi connectivity index (χ1) is 7.22. The van der Waals surface area contributed by atoms with Crippen molar-refractivity contribution in [3.63, 3.8) is 0 Å². The second-order valence-corrected chi connectivity index (χ2v) is 4.37. The molecule has 1 saturated heterocycles. The van der Waals surface area contributed by atoms with Crippen molar-refractivity contribution < 1.29 is 19.1 Å². The Labute approximate surface area is 88.9 Å². The third kappa shape index (κ3) is 2.04. The molecule has 2 fully saturated rings. The Balaban J connectivity index is 2.04. The smallest absolute Gasteiger partial charge is 0.316 e. The molecular formula is C11H16O4. The molecule has 2 rings (SSSR count). The van der Waals surface area contributed by atoms with E-state index in [1.807, 2.05) is 0 Å². The first kappa shape index (κ1) is 10.6. The maximum absolute atomic E-state index is 11.7. The highest BCUT2D eigenvalue weighted by atomic mass is 16.5. The number of ketones is 1. The fraction of sp³-hybridized carbons (Fsp3) is 0.818. The van der Waals surface area contributed by atoms with Crippen molar-refractivity contribution in [1.82, 2.24) is 0 Å². The monoisotopic (exact) mass is 212 g/mol. The lowest BCUT2D eigenvalue weighted by molar-refractivity contribution is -0.154. The zero-order valence-electron chi connectivity index (χ0n) is 8.90. The minimum absolute atomic E-state index is 0.0463. The van der Waals surface area contributed by atoms with E-state index in [1.165, 1.54) is 7.11 Å². The lowest BCUT2D eigenvalue weighted by atomic mass is 9.71. The van der Waals surface area contributed by atoms with Gasteiger partial charge in [-0.1, -0.05) is 0 Å². The van der Waals surface area contributed by atoms with Gasteiger partial charge in [0.2, 0.25) is 0 Å². The zero-order chi connectivity index (χ0) is 10.8. The average molecular weight is 212 g/mol. The van der Waals surface area contributed by atoms with Gasteiger partial charge >= 0.3 is 5.97 Å². The van der Waals surface area contributed by atoms with Crippen LogP contribution in [-0.4, -0.2) is 32.1 Å². The largest absolute Gasteiger partial charge is 0.468 e. The van der Waals surface area contributed by atoms with Gasteiger partial charge in [-0.3, -0.25) is 9.59 Å². The van der Waals surface area contributed by atoms with E-state index in [0.717, 1.165) is 13.0 Å². The summed E-state index contributed by atoms with van der Waals surface area (Å²) in [7, 11) is 1.33. The molecule has 3 atom stereocenters. The summed E-state index contributed by atoms with van der Waals surface area (Å²) in [4.78, 5) is 23.1. The highest BCUT2D eigenvalue weighted by molar-refractivity contribution is 5.99. The van der Waals surface area contributed by atoms with Gasteiger partial charge in [-0.05, 0) is 24.7 Å². The minimum Gasteiger partial charge on any atom is -0.468 e. The van der Waals surface area contributed by atoms with E-state index in [-0.39, 0.29) is 11.8 Å². The molecule has 0 aromatic heterocycles. The molecule has 2 aliphatic rings. The van der Waals surface area contributed by atoms with Crippen molar-refractivity contribution in [2.75, 3.05) is 20.3 Å². The number of carbonyl (C=O) groups is 2. The molecular weight excluding hydrogens is 196 g/mol. The molecule has 0 aromatic carbocycles. The third-order valence-electron chi connectivity index (χ3n) is 3.51. The number of Topliss-reactive ketones (excluding diaryl/α,β-unsaturated/α-hetero) is 1. The van der Waals surface area contributed by atoms with Crippen LogP contribution in [0.1, 0.15) is 19.3 Å². The van der Waals surface area contributed by atoms with Crippen LogP contribution in [0.25, 0.3) is 0 Å². The molecule has 15 heavy (non-hydrogen) atoms. The van der Waals surface area contributed by atoms with Gasteiger partial charge in [0, 0.05) is 19.6 Å². The van der Waals surface area contributed by atoms with Crippen LogP contribution in [0.2, 0.25) is 0 Å². The van der Waals surface area contributed by atoms with Crippen LogP contribution < -0.4 is 0 Å². The van der Waals surface area contributed by atoms with Gasteiger partial charge in [-0.15, -0.1) is 0 Å². The van der Waals surface area contributed by atoms with Gasteiger partial charge in [0.15, 0.2) is 0 Å². The molecule has 0 spiro atoms. The first-order valence-corrected chi connectivity index (χ1v) is 5.40. The van der Waals surface area contributed by atoms with E-state index in [4.69, 9.17) is 4.74 Å². The number of hydrogen-bond acceptors (Lipinski definition) is 4. The average Bonchev–Trinajstić information content (AvgIpc) is 2.27. The predicted molar refractivity (Wildman–Crippen MR) is 52.2 cm³/mol. The highest BCUT2D eigenvalue weighted by Gasteiger charge is 2.41. The Morgan fingerprint density at radius 1 is 1.47 bits per heavy atom. The predicted octanol–water partition coefficient (Wildman–Crippen LogP) is 0.791. The standard InChI is InChI=1S/C11H16O4/c1-14-11(13)9-4-8-6-15-3-2-7(8)5-10(9)12/h7-9H,2-6H2,1H3/t7-,8?,9?/m1/s1. The molecule has 0 amide bonds. The summed E-state index contributed by atoms with van der Waals surface area (Å²) >= 11 is 0. The van der Waals surface area contributed by atoms with Crippen LogP contribution in [0.3, 0.4) is 0 Å². The van der Waals surface area contributed by atoms with Gasteiger partial charge in [0.25, 0.3) is 0 Å². The van der Waals surface area contributed by atoms with Gasteiger partial charge in [-0.25, -0.2) is 0 Å². The van der Waals surface area contributed by atoms with Crippen molar-refractivity contribution in [2.24, 2.45) is 17.8 Å². The van der Waals surface area contributed by atoms with E-state index in [2.05, 4.69) is 4.74 Å². The number of methoxy groups -OCH3 is 1. The highest BCUT2D eigenvalue weighted by Crippen LogP contribution is 2.36. The summed E-state index contributed by atoms with van der Waals surface area (Å²) < 4.78 is 10.0. The fourth-order valence-corrected chi connectivity index (χ4v) is 2.58. The van der Waals surface area contributed by atoms with E-state index >= 15 is 0 Å². The van der Waals surface area contributed by atoms with Crippen LogP contribution in [0.15, 0.2) is 0 Å². The van der Waals surface area contributed by atoms with Gasteiger partial charge in [0.05, 0.1) is 7.11 Å². The van der Waals surface area contributed by atoms with E-state index in [1.54, 1.807) is 0 Å². The lowest BCUT2D eigenvalue weighted by Gasteiger charge is -2.37. The number of fused-ring (bicyclic) bond motifs is 1. The SMILES string of the molecule is COC(=O)C1CC2COCC[C@@H]2CC1=O. The Bertz CT molecular complexity index is 274. The molecule has 4 heteroatoms. The molecule has 0 bridgehead atoms. The summed E-state index contributed by atoms with van der Waals surface area (Å²) in [5.74, 6) is -0.0975. The van der Waals surface area contributed by atoms with Crippen LogP contribution in [0.5, 0.6) is 0 Å². The number of esters is 1. The van der Waals surface area contributed by atoms with Gasteiger partial charge in [0.1, 0.15) is 11.7 Å². The van der Waals surface area contributed by atoms with E-state index in [9.17, 15) is 9.59 Å². The van der Waals surface area contributed by atoms with Crippen molar-refractivity contribution in [1.29, 1.82) is 0 Å². The van der Waals surface area contributed by atoms with E-state index in [0.29, 0.717) is 31.3 Å². The van der Waals surface area contributed by atoms with Crippen LogP contribution in [-0.2, 0) is 19.1 Å². The molecule has 0 N–H and O–H groups in total. The number of hydrogen-bond donors (Lipinski definition) is 0. The quantitative estimate of drug-likeness (QED) is 0.476. The minimum atomic E-state index is -0.544. The Morgan fingerprint density at radius 2 is 2.27 bits per heavy atom. The summed E-state index contributed by atoms with van der Waals surface area (Å²) in [6, 6.07) is 0. The maximum Gasteiger partial charge on any atom is 0.316 e. The lowest BCUT2D eigenvalue weighted by Crippen LogP contribution is -2.41. The molecule has 1 heterocycles. The van der Waals surface area contributed by atoms with Crippen LogP contribution in [0.4, 0.5) is 0 Å². The molecule has 1 aliphatic carbocycles. The molecule has 84 valence electrons. The summed E-state index contributed by atoms with van der Waals surface area (Å²) in [5, 5.41) is 0. The Morgan fingerprint density at radius 3 is 3.00 bits per heavy atom. The molecule has 0 radical (unpaired) electrons. The fourth-order valence-electron chi connectivity index (χ4n) is 2.58. The molecule has 1 aliphatic heterocycles. The molecule has 0 aromatic rings. The topological polar surface area (TPSA) is 52.6 Å². The van der Waals surface area contributed by atoms with Crippen LogP contribution in [0, 0.1) is 17.8 Å². The molecule has 4 nitrogen and oxygen atoms in total. The number of rotatable bonds is 1. The van der Waals surface area contributed by atoms with Crippen molar-refractivity contribution in [3.8, 4) is 0 Å².